The van der Waals surface area contributed by atoms with Crippen molar-refractivity contribution in [2.75, 3.05) is 13.2 Å². The van der Waals surface area contributed by atoms with E-state index in [4.69, 9.17) is 14.6 Å². The highest BCUT2D eigenvalue weighted by Gasteiger charge is 2.18. The number of ether oxygens (including phenoxy) is 2. The highest BCUT2D eigenvalue weighted by molar-refractivity contribution is 5.88. The average molecular weight is 283 g/mol. The molecule has 0 heterocycles. The van der Waals surface area contributed by atoms with Gasteiger partial charge in [0.25, 0.3) is 0 Å². The summed E-state index contributed by atoms with van der Waals surface area (Å²) in [7, 11) is 0. The lowest BCUT2D eigenvalue weighted by molar-refractivity contribution is -0.385. The van der Waals surface area contributed by atoms with Crippen LogP contribution in [0.2, 0.25) is 0 Å². The van der Waals surface area contributed by atoms with Crippen molar-refractivity contribution < 1.29 is 24.3 Å². The van der Waals surface area contributed by atoms with Crippen molar-refractivity contribution in [1.29, 1.82) is 0 Å². The van der Waals surface area contributed by atoms with Crippen LogP contribution in [-0.4, -0.2) is 34.8 Å². The highest BCUT2D eigenvalue weighted by Crippen LogP contribution is 2.28. The molecule has 0 bridgehead atoms. The summed E-state index contributed by atoms with van der Waals surface area (Å²) in [5.74, 6) is -1.25. The van der Waals surface area contributed by atoms with Crippen LogP contribution in [0.5, 0.6) is 5.75 Å². The summed E-state index contributed by atoms with van der Waals surface area (Å²) < 4.78 is 10.7. The lowest BCUT2D eigenvalue weighted by atomic mass is 10.2. The average Bonchev–Trinajstić information content (AvgIpc) is 2.33. The van der Waals surface area contributed by atoms with Gasteiger partial charge in [0.05, 0.1) is 22.7 Å². The fourth-order valence-electron chi connectivity index (χ4n) is 1.41. The normalized spacial score (nSPS) is 11.2. The van der Waals surface area contributed by atoms with Gasteiger partial charge in [0.15, 0.2) is 5.75 Å². The van der Waals surface area contributed by atoms with E-state index in [2.05, 4.69) is 0 Å². The molecule has 1 aromatic rings. The number of benzene rings is 1. The fourth-order valence-corrected chi connectivity index (χ4v) is 1.41. The Hall–Kier alpha value is -2.15. The number of hydrogen-bond donors (Lipinski definition) is 1. The third kappa shape index (κ3) is 4.85. The maximum absolute atomic E-state index is 10.8. The summed E-state index contributed by atoms with van der Waals surface area (Å²) in [6, 6.07) is 3.42. The van der Waals surface area contributed by atoms with E-state index in [1.54, 1.807) is 0 Å². The number of nitrogens with zero attached hydrogens (tertiary/aromatic N) is 1. The molecule has 0 aliphatic heterocycles. The number of aromatic carboxylic acids is 1. The number of carboxylic acids is 1. The summed E-state index contributed by atoms with van der Waals surface area (Å²) in [6.45, 7) is 5.97. The number of hydrogen-bond acceptors (Lipinski definition) is 5. The quantitative estimate of drug-likeness (QED) is 0.489. The largest absolute Gasteiger partial charge is 0.484 e. The predicted octanol–water partition coefficient (Wildman–Crippen LogP) is 2.49. The summed E-state index contributed by atoms with van der Waals surface area (Å²) >= 11 is 0. The molecule has 0 saturated carbocycles. The smallest absolute Gasteiger partial charge is 0.335 e. The van der Waals surface area contributed by atoms with Crippen LogP contribution < -0.4 is 4.74 Å². The SMILES string of the molecule is CC(C)(C)OCCOc1cc(C(=O)O)ccc1[N+](=O)[O-]. The van der Waals surface area contributed by atoms with Crippen LogP contribution in [0.4, 0.5) is 5.69 Å². The Morgan fingerprint density at radius 2 is 2.00 bits per heavy atom. The first-order valence-corrected chi connectivity index (χ1v) is 5.99. The monoisotopic (exact) mass is 283 g/mol. The van der Waals surface area contributed by atoms with Gasteiger partial charge in [-0.3, -0.25) is 10.1 Å². The van der Waals surface area contributed by atoms with Crippen molar-refractivity contribution in [3.8, 4) is 5.75 Å². The van der Waals surface area contributed by atoms with E-state index in [1.165, 1.54) is 6.07 Å². The number of nitro benzene ring substituents is 1. The van der Waals surface area contributed by atoms with Gasteiger partial charge < -0.3 is 14.6 Å². The molecule has 0 radical (unpaired) electrons. The molecule has 1 rings (SSSR count). The second-order valence-corrected chi connectivity index (χ2v) is 5.05. The zero-order valence-corrected chi connectivity index (χ0v) is 11.6. The van der Waals surface area contributed by atoms with Gasteiger partial charge in [0.1, 0.15) is 6.61 Å². The van der Waals surface area contributed by atoms with Crippen molar-refractivity contribution in [3.05, 3.63) is 33.9 Å². The van der Waals surface area contributed by atoms with E-state index >= 15 is 0 Å². The Morgan fingerprint density at radius 1 is 1.35 bits per heavy atom. The molecule has 7 heteroatoms. The van der Waals surface area contributed by atoms with Crippen LogP contribution in [0, 0.1) is 10.1 Å². The molecule has 1 aromatic carbocycles. The second kappa shape index (κ2) is 6.33. The first-order valence-electron chi connectivity index (χ1n) is 5.99. The molecule has 0 amide bonds. The van der Waals surface area contributed by atoms with Crippen LogP contribution in [0.15, 0.2) is 18.2 Å². The molecule has 0 aliphatic carbocycles. The van der Waals surface area contributed by atoms with E-state index in [0.29, 0.717) is 0 Å². The molecule has 0 saturated heterocycles. The molecule has 0 spiro atoms. The first-order chi connectivity index (χ1) is 9.20. The van der Waals surface area contributed by atoms with Crippen LogP contribution in [0.3, 0.4) is 0 Å². The molecule has 0 fully saturated rings. The highest BCUT2D eigenvalue weighted by atomic mass is 16.6. The molecule has 0 aliphatic rings. The fraction of sp³-hybridized carbons (Fsp3) is 0.462. The third-order valence-electron chi connectivity index (χ3n) is 2.28. The topological polar surface area (TPSA) is 98.9 Å². The van der Waals surface area contributed by atoms with Crippen molar-refractivity contribution in [3.63, 3.8) is 0 Å². The minimum absolute atomic E-state index is 0.0673. The molecule has 0 atom stereocenters. The molecular weight excluding hydrogens is 266 g/mol. The van der Waals surface area contributed by atoms with Gasteiger partial charge in [-0.2, -0.15) is 0 Å². The van der Waals surface area contributed by atoms with Crippen molar-refractivity contribution in [1.82, 2.24) is 0 Å². The Bertz CT molecular complexity index is 506. The summed E-state index contributed by atoms with van der Waals surface area (Å²) in [5, 5.41) is 19.7. The van der Waals surface area contributed by atoms with Crippen LogP contribution in [-0.2, 0) is 4.74 Å². The number of rotatable bonds is 6. The molecule has 20 heavy (non-hydrogen) atoms. The standard InChI is InChI=1S/C13H17NO6/c1-13(2,3)20-7-6-19-11-8-9(12(15)16)4-5-10(11)14(17)18/h4-5,8H,6-7H2,1-3H3,(H,15,16). The minimum atomic E-state index is -1.17. The third-order valence-corrected chi connectivity index (χ3v) is 2.28. The second-order valence-electron chi connectivity index (χ2n) is 5.05. The van der Waals surface area contributed by atoms with Crippen molar-refractivity contribution in [2.24, 2.45) is 0 Å². The van der Waals surface area contributed by atoms with E-state index in [9.17, 15) is 14.9 Å². The number of carboxylic acid groups (broad SMARTS) is 1. The van der Waals surface area contributed by atoms with Gasteiger partial charge in [-0.15, -0.1) is 0 Å². The summed E-state index contributed by atoms with van der Waals surface area (Å²) in [6.07, 6.45) is 0. The number of nitro groups is 1. The van der Waals surface area contributed by atoms with E-state index in [-0.39, 0.29) is 35.8 Å². The predicted molar refractivity (Wildman–Crippen MR) is 71.3 cm³/mol. The Morgan fingerprint density at radius 3 is 2.50 bits per heavy atom. The van der Waals surface area contributed by atoms with Crippen LogP contribution in [0.1, 0.15) is 31.1 Å². The van der Waals surface area contributed by atoms with Gasteiger partial charge in [0.2, 0.25) is 0 Å². The molecule has 0 aromatic heterocycles. The molecule has 7 nitrogen and oxygen atoms in total. The zero-order valence-electron chi connectivity index (χ0n) is 11.6. The lowest BCUT2D eigenvalue weighted by Gasteiger charge is -2.19. The molecular formula is C13H17NO6. The van der Waals surface area contributed by atoms with E-state index in [1.807, 2.05) is 20.8 Å². The molecule has 110 valence electrons. The van der Waals surface area contributed by atoms with Gasteiger partial charge in [-0.05, 0) is 26.8 Å². The van der Waals surface area contributed by atoms with E-state index < -0.39 is 10.9 Å². The van der Waals surface area contributed by atoms with Gasteiger partial charge in [-0.1, -0.05) is 0 Å². The molecule has 0 unspecified atom stereocenters. The Labute approximate surface area is 116 Å². The zero-order chi connectivity index (χ0) is 15.3. The van der Waals surface area contributed by atoms with Gasteiger partial charge in [-0.25, -0.2) is 4.79 Å². The lowest BCUT2D eigenvalue weighted by Crippen LogP contribution is -2.22. The Balaban J connectivity index is 2.78. The molecule has 1 N–H and O–H groups in total. The van der Waals surface area contributed by atoms with Gasteiger partial charge in [0, 0.05) is 12.1 Å². The Kier molecular flexibility index (Phi) is 5.04. The summed E-state index contributed by atoms with van der Waals surface area (Å²) in [5.41, 5.74) is -0.675. The summed E-state index contributed by atoms with van der Waals surface area (Å²) in [4.78, 5) is 21.1. The first kappa shape index (κ1) is 15.9. The minimum Gasteiger partial charge on any atom is -0.484 e. The van der Waals surface area contributed by atoms with Crippen LogP contribution in [0.25, 0.3) is 0 Å². The maximum Gasteiger partial charge on any atom is 0.335 e. The van der Waals surface area contributed by atoms with Crippen molar-refractivity contribution in [2.45, 2.75) is 26.4 Å². The van der Waals surface area contributed by atoms with Crippen molar-refractivity contribution >= 4 is 11.7 Å². The number of carbonyl (C=O) groups is 1. The van der Waals surface area contributed by atoms with E-state index in [0.717, 1.165) is 12.1 Å². The maximum atomic E-state index is 10.8. The van der Waals surface area contributed by atoms with Gasteiger partial charge >= 0.3 is 11.7 Å². The van der Waals surface area contributed by atoms with Crippen LogP contribution >= 0.6 is 0 Å².